The normalized spacial score (nSPS) is 32.3. The Labute approximate surface area is 110 Å². The molecule has 4 unspecified atom stereocenters. The predicted octanol–water partition coefficient (Wildman–Crippen LogP) is 3.48. The van der Waals surface area contributed by atoms with Gasteiger partial charge in [-0.1, -0.05) is 26.0 Å². The van der Waals surface area contributed by atoms with Gasteiger partial charge >= 0.3 is 0 Å². The van der Waals surface area contributed by atoms with Crippen molar-refractivity contribution in [2.24, 2.45) is 11.8 Å². The van der Waals surface area contributed by atoms with Crippen molar-refractivity contribution >= 4 is 0 Å². The molecule has 1 aromatic carbocycles. The van der Waals surface area contributed by atoms with Crippen LogP contribution in [0.15, 0.2) is 18.2 Å². The standard InChI is InChI=1S/C16H24O2/c1-10-8-12(3)16(14(17)9-10)18-15-7-5-6-11(2)13(15)4/h5-7,10,12,14,16-17H,8-9H2,1-4H3. The lowest BCUT2D eigenvalue weighted by Crippen LogP contribution is -2.43. The van der Waals surface area contributed by atoms with Crippen LogP contribution >= 0.6 is 0 Å². The minimum atomic E-state index is -0.344. The molecular weight excluding hydrogens is 224 g/mol. The molecule has 0 aromatic heterocycles. The lowest BCUT2D eigenvalue weighted by Gasteiger charge is -2.37. The molecule has 18 heavy (non-hydrogen) atoms. The fourth-order valence-corrected chi connectivity index (χ4v) is 2.98. The van der Waals surface area contributed by atoms with Gasteiger partial charge in [0.15, 0.2) is 0 Å². The molecule has 0 bridgehead atoms. The zero-order valence-corrected chi connectivity index (χ0v) is 11.8. The topological polar surface area (TPSA) is 29.5 Å². The van der Waals surface area contributed by atoms with Gasteiger partial charge in [-0.25, -0.2) is 0 Å². The summed E-state index contributed by atoms with van der Waals surface area (Å²) in [6, 6.07) is 6.10. The molecule has 0 amide bonds. The van der Waals surface area contributed by atoms with Crippen LogP contribution in [0.5, 0.6) is 5.75 Å². The first-order valence-corrected chi connectivity index (χ1v) is 6.90. The number of hydrogen-bond donors (Lipinski definition) is 1. The van der Waals surface area contributed by atoms with Crippen molar-refractivity contribution in [3.8, 4) is 5.75 Å². The summed E-state index contributed by atoms with van der Waals surface area (Å²) < 4.78 is 6.09. The molecule has 100 valence electrons. The van der Waals surface area contributed by atoms with Crippen molar-refractivity contribution < 1.29 is 9.84 Å². The van der Waals surface area contributed by atoms with E-state index in [-0.39, 0.29) is 12.2 Å². The lowest BCUT2D eigenvalue weighted by molar-refractivity contribution is -0.0391. The van der Waals surface area contributed by atoms with Crippen LogP contribution in [-0.2, 0) is 0 Å². The van der Waals surface area contributed by atoms with Crippen LogP contribution < -0.4 is 4.74 Å². The Morgan fingerprint density at radius 2 is 1.89 bits per heavy atom. The number of aliphatic hydroxyl groups is 1. The highest BCUT2D eigenvalue weighted by Crippen LogP contribution is 2.33. The fourth-order valence-electron chi connectivity index (χ4n) is 2.98. The second-order valence-electron chi connectivity index (χ2n) is 5.90. The molecule has 1 aromatic rings. The number of rotatable bonds is 2. The summed E-state index contributed by atoms with van der Waals surface area (Å²) in [6.45, 7) is 8.54. The van der Waals surface area contributed by atoms with E-state index in [1.54, 1.807) is 0 Å². The van der Waals surface area contributed by atoms with Crippen LogP contribution in [0.4, 0.5) is 0 Å². The number of aliphatic hydroxyl groups excluding tert-OH is 1. The van der Waals surface area contributed by atoms with Gasteiger partial charge in [-0.15, -0.1) is 0 Å². The van der Waals surface area contributed by atoms with E-state index >= 15 is 0 Å². The van der Waals surface area contributed by atoms with Gasteiger partial charge < -0.3 is 9.84 Å². The Hall–Kier alpha value is -1.02. The third kappa shape index (κ3) is 2.69. The maximum atomic E-state index is 10.2. The molecule has 2 nitrogen and oxygen atoms in total. The van der Waals surface area contributed by atoms with Crippen molar-refractivity contribution in [1.29, 1.82) is 0 Å². The zero-order chi connectivity index (χ0) is 13.3. The van der Waals surface area contributed by atoms with Crippen LogP contribution in [0.2, 0.25) is 0 Å². The summed E-state index contributed by atoms with van der Waals surface area (Å²) in [5, 5.41) is 10.2. The molecule has 1 aliphatic carbocycles. The fraction of sp³-hybridized carbons (Fsp3) is 0.625. The average molecular weight is 248 g/mol. The van der Waals surface area contributed by atoms with Crippen LogP contribution in [-0.4, -0.2) is 17.3 Å². The van der Waals surface area contributed by atoms with Gasteiger partial charge in [0.05, 0.1) is 6.10 Å². The van der Waals surface area contributed by atoms with E-state index in [4.69, 9.17) is 4.74 Å². The summed E-state index contributed by atoms with van der Waals surface area (Å²) >= 11 is 0. The summed E-state index contributed by atoms with van der Waals surface area (Å²) in [5.74, 6) is 1.91. The highest BCUT2D eigenvalue weighted by atomic mass is 16.5. The van der Waals surface area contributed by atoms with Crippen LogP contribution in [0.1, 0.15) is 37.8 Å². The van der Waals surface area contributed by atoms with Gasteiger partial charge in [0.2, 0.25) is 0 Å². The number of aryl methyl sites for hydroxylation is 1. The Kier molecular flexibility index (Phi) is 3.96. The first kappa shape index (κ1) is 13.4. The molecule has 1 N–H and O–H groups in total. The van der Waals surface area contributed by atoms with Crippen LogP contribution in [0.3, 0.4) is 0 Å². The van der Waals surface area contributed by atoms with Gasteiger partial charge in [-0.05, 0) is 55.7 Å². The second-order valence-corrected chi connectivity index (χ2v) is 5.90. The molecule has 0 heterocycles. The van der Waals surface area contributed by atoms with Gasteiger partial charge in [-0.3, -0.25) is 0 Å². The van der Waals surface area contributed by atoms with Crippen molar-refractivity contribution in [1.82, 2.24) is 0 Å². The molecule has 2 rings (SSSR count). The zero-order valence-electron chi connectivity index (χ0n) is 11.8. The Balaban J connectivity index is 2.15. The van der Waals surface area contributed by atoms with Crippen molar-refractivity contribution in [2.45, 2.75) is 52.7 Å². The van der Waals surface area contributed by atoms with Crippen molar-refractivity contribution in [3.63, 3.8) is 0 Å². The molecule has 1 saturated carbocycles. The van der Waals surface area contributed by atoms with Gasteiger partial charge in [0.1, 0.15) is 11.9 Å². The maximum Gasteiger partial charge on any atom is 0.127 e. The van der Waals surface area contributed by atoms with E-state index < -0.39 is 0 Å². The maximum absolute atomic E-state index is 10.2. The molecule has 2 heteroatoms. The SMILES string of the molecule is Cc1cccc(OC2C(C)CC(C)CC2O)c1C. The monoisotopic (exact) mass is 248 g/mol. The smallest absolute Gasteiger partial charge is 0.127 e. The first-order valence-electron chi connectivity index (χ1n) is 6.90. The van der Waals surface area contributed by atoms with Gasteiger partial charge in [-0.2, -0.15) is 0 Å². The summed E-state index contributed by atoms with van der Waals surface area (Å²) in [4.78, 5) is 0. The Bertz CT molecular complexity index is 402. The quantitative estimate of drug-likeness (QED) is 0.868. The Morgan fingerprint density at radius 3 is 2.56 bits per heavy atom. The molecule has 1 aliphatic rings. The van der Waals surface area contributed by atoms with E-state index in [9.17, 15) is 5.11 Å². The molecule has 0 spiro atoms. The average Bonchev–Trinajstić information content (AvgIpc) is 2.28. The molecule has 1 fully saturated rings. The lowest BCUT2D eigenvalue weighted by atomic mass is 9.79. The van der Waals surface area contributed by atoms with E-state index in [0.29, 0.717) is 11.8 Å². The highest BCUT2D eigenvalue weighted by Gasteiger charge is 2.34. The molecule has 4 atom stereocenters. The number of benzene rings is 1. The molecule has 0 aliphatic heterocycles. The van der Waals surface area contributed by atoms with E-state index in [1.165, 1.54) is 11.1 Å². The highest BCUT2D eigenvalue weighted by molar-refractivity contribution is 5.38. The predicted molar refractivity (Wildman–Crippen MR) is 73.9 cm³/mol. The second kappa shape index (κ2) is 5.31. The van der Waals surface area contributed by atoms with Crippen molar-refractivity contribution in [3.05, 3.63) is 29.3 Å². The van der Waals surface area contributed by atoms with Crippen LogP contribution in [0, 0.1) is 25.7 Å². The summed E-state index contributed by atoms with van der Waals surface area (Å²) in [6.07, 6.45) is 1.57. The van der Waals surface area contributed by atoms with Crippen LogP contribution in [0.25, 0.3) is 0 Å². The Morgan fingerprint density at radius 1 is 1.17 bits per heavy atom. The third-order valence-corrected chi connectivity index (χ3v) is 4.18. The minimum Gasteiger partial charge on any atom is -0.487 e. The first-order chi connectivity index (χ1) is 8.49. The van der Waals surface area contributed by atoms with Crippen molar-refractivity contribution in [2.75, 3.05) is 0 Å². The molecular formula is C16H24O2. The van der Waals surface area contributed by atoms with E-state index in [1.807, 2.05) is 12.1 Å². The third-order valence-electron chi connectivity index (χ3n) is 4.18. The van der Waals surface area contributed by atoms with E-state index in [0.717, 1.165) is 18.6 Å². The molecule has 0 saturated heterocycles. The summed E-state index contributed by atoms with van der Waals surface area (Å²) in [7, 11) is 0. The minimum absolute atomic E-state index is 0.0679. The van der Waals surface area contributed by atoms with E-state index in [2.05, 4.69) is 33.8 Å². The number of hydrogen-bond acceptors (Lipinski definition) is 2. The van der Waals surface area contributed by atoms with Gasteiger partial charge in [0.25, 0.3) is 0 Å². The molecule has 0 radical (unpaired) electrons. The summed E-state index contributed by atoms with van der Waals surface area (Å²) in [5.41, 5.74) is 2.41. The van der Waals surface area contributed by atoms with Gasteiger partial charge in [0, 0.05) is 0 Å². The number of ether oxygens (including phenoxy) is 1. The largest absolute Gasteiger partial charge is 0.487 e.